The standard InChI is InChI=1S/C20H24N6O/c1-4-5-15-11-21-13(2)23-20(15)26-9-8-16-17(12-26)25-19(24-16)14-6-7-18(27-3)22-10-14/h6-7,10-11H,4-5,8-9,12H2,1-3H3,(H,24,25). The zero-order valence-electron chi connectivity index (χ0n) is 16.0. The van der Waals surface area contributed by atoms with Crippen molar-refractivity contribution in [1.29, 1.82) is 0 Å². The van der Waals surface area contributed by atoms with Crippen LogP contribution in [0.2, 0.25) is 0 Å². The molecule has 4 rings (SSSR count). The predicted molar refractivity (Wildman–Crippen MR) is 104 cm³/mol. The number of H-pyrrole nitrogens is 1. The third kappa shape index (κ3) is 3.49. The van der Waals surface area contributed by atoms with Crippen LogP contribution in [0.25, 0.3) is 11.4 Å². The number of hydrogen-bond acceptors (Lipinski definition) is 6. The summed E-state index contributed by atoms with van der Waals surface area (Å²) >= 11 is 0. The third-order valence-electron chi connectivity index (χ3n) is 4.83. The van der Waals surface area contributed by atoms with Crippen LogP contribution in [0.5, 0.6) is 5.88 Å². The van der Waals surface area contributed by atoms with E-state index in [-0.39, 0.29) is 0 Å². The second-order valence-electron chi connectivity index (χ2n) is 6.79. The van der Waals surface area contributed by atoms with Crippen molar-refractivity contribution < 1.29 is 4.74 Å². The number of nitrogens with zero attached hydrogens (tertiary/aromatic N) is 5. The minimum atomic E-state index is 0.601. The zero-order valence-corrected chi connectivity index (χ0v) is 16.0. The Kier molecular flexibility index (Phi) is 4.75. The molecule has 0 bridgehead atoms. The Morgan fingerprint density at radius 2 is 2.07 bits per heavy atom. The molecule has 3 aromatic rings. The first-order valence-electron chi connectivity index (χ1n) is 9.33. The first kappa shape index (κ1) is 17.5. The molecule has 7 nitrogen and oxygen atoms in total. The number of methoxy groups -OCH3 is 1. The van der Waals surface area contributed by atoms with Crippen molar-refractivity contribution in [1.82, 2.24) is 24.9 Å². The lowest BCUT2D eigenvalue weighted by atomic mass is 10.1. The van der Waals surface area contributed by atoms with Gasteiger partial charge in [0, 0.05) is 42.6 Å². The van der Waals surface area contributed by atoms with E-state index < -0.39 is 0 Å². The zero-order chi connectivity index (χ0) is 18.8. The lowest BCUT2D eigenvalue weighted by Crippen LogP contribution is -2.32. The maximum Gasteiger partial charge on any atom is 0.212 e. The number of anilines is 1. The largest absolute Gasteiger partial charge is 0.481 e. The van der Waals surface area contributed by atoms with Gasteiger partial charge in [-0.15, -0.1) is 0 Å². The number of imidazole rings is 1. The van der Waals surface area contributed by atoms with Crippen LogP contribution in [-0.4, -0.2) is 38.6 Å². The van der Waals surface area contributed by atoms with E-state index in [1.165, 1.54) is 5.56 Å². The number of aromatic amines is 1. The number of nitrogens with one attached hydrogen (secondary N) is 1. The second kappa shape index (κ2) is 7.34. The first-order valence-corrected chi connectivity index (χ1v) is 9.33. The summed E-state index contributed by atoms with van der Waals surface area (Å²) < 4.78 is 5.13. The van der Waals surface area contributed by atoms with Crippen molar-refractivity contribution in [2.45, 2.75) is 39.7 Å². The topological polar surface area (TPSA) is 79.8 Å². The highest BCUT2D eigenvalue weighted by Gasteiger charge is 2.23. The lowest BCUT2D eigenvalue weighted by molar-refractivity contribution is 0.398. The Labute approximate surface area is 158 Å². The molecule has 27 heavy (non-hydrogen) atoms. The highest BCUT2D eigenvalue weighted by molar-refractivity contribution is 5.56. The van der Waals surface area contributed by atoms with E-state index in [1.807, 2.05) is 25.3 Å². The summed E-state index contributed by atoms with van der Waals surface area (Å²) in [6.45, 7) is 5.81. The molecule has 140 valence electrons. The SMILES string of the molecule is CCCc1cnc(C)nc1N1CCc2nc(-c3ccc(OC)nc3)[nH]c2C1. The van der Waals surface area contributed by atoms with Crippen LogP contribution in [0.4, 0.5) is 5.82 Å². The first-order chi connectivity index (χ1) is 13.2. The minimum absolute atomic E-state index is 0.601. The number of ether oxygens (including phenoxy) is 1. The molecule has 4 heterocycles. The number of rotatable bonds is 5. The summed E-state index contributed by atoms with van der Waals surface area (Å²) in [5, 5.41) is 0. The van der Waals surface area contributed by atoms with Gasteiger partial charge in [0.15, 0.2) is 0 Å². The Hall–Kier alpha value is -2.96. The van der Waals surface area contributed by atoms with Gasteiger partial charge in [-0.1, -0.05) is 13.3 Å². The normalized spacial score (nSPS) is 13.5. The van der Waals surface area contributed by atoms with Gasteiger partial charge in [0.05, 0.1) is 25.0 Å². The van der Waals surface area contributed by atoms with Crippen LogP contribution in [0.15, 0.2) is 24.5 Å². The molecule has 1 aliphatic rings. The molecule has 0 fully saturated rings. The van der Waals surface area contributed by atoms with Crippen LogP contribution < -0.4 is 9.64 Å². The van der Waals surface area contributed by atoms with Gasteiger partial charge < -0.3 is 14.6 Å². The van der Waals surface area contributed by atoms with Gasteiger partial charge in [-0.05, 0) is 19.4 Å². The summed E-state index contributed by atoms with van der Waals surface area (Å²) in [6.07, 6.45) is 6.72. The van der Waals surface area contributed by atoms with Gasteiger partial charge in [0.2, 0.25) is 5.88 Å². The molecular weight excluding hydrogens is 340 g/mol. The summed E-state index contributed by atoms with van der Waals surface area (Å²) in [5.74, 6) is 3.32. The van der Waals surface area contributed by atoms with E-state index >= 15 is 0 Å². The molecule has 0 aliphatic carbocycles. The smallest absolute Gasteiger partial charge is 0.212 e. The van der Waals surface area contributed by atoms with Crippen molar-refractivity contribution in [3.05, 3.63) is 47.3 Å². The average molecular weight is 364 g/mol. The van der Waals surface area contributed by atoms with Gasteiger partial charge >= 0.3 is 0 Å². The summed E-state index contributed by atoms with van der Waals surface area (Å²) in [6, 6.07) is 3.82. The quantitative estimate of drug-likeness (QED) is 0.749. The van der Waals surface area contributed by atoms with Crippen LogP contribution in [0.3, 0.4) is 0 Å². The van der Waals surface area contributed by atoms with Gasteiger partial charge in [-0.2, -0.15) is 0 Å². The molecule has 0 saturated heterocycles. The molecule has 1 aliphatic heterocycles. The molecule has 0 unspecified atom stereocenters. The fraction of sp³-hybridized carbons (Fsp3) is 0.400. The Morgan fingerprint density at radius 1 is 1.19 bits per heavy atom. The van der Waals surface area contributed by atoms with Crippen molar-refractivity contribution in [2.75, 3.05) is 18.6 Å². The van der Waals surface area contributed by atoms with Gasteiger partial charge in [0.25, 0.3) is 0 Å². The minimum Gasteiger partial charge on any atom is -0.481 e. The number of hydrogen-bond donors (Lipinski definition) is 1. The molecule has 7 heteroatoms. The number of pyridine rings is 1. The van der Waals surface area contributed by atoms with Crippen molar-refractivity contribution >= 4 is 5.82 Å². The lowest BCUT2D eigenvalue weighted by Gasteiger charge is -2.29. The van der Waals surface area contributed by atoms with E-state index in [9.17, 15) is 0 Å². The van der Waals surface area contributed by atoms with Crippen molar-refractivity contribution in [3.8, 4) is 17.3 Å². The number of aromatic nitrogens is 5. The molecule has 0 amide bonds. The maximum absolute atomic E-state index is 5.13. The molecule has 1 N–H and O–H groups in total. The molecular formula is C20H24N6O. The average Bonchev–Trinajstić information content (AvgIpc) is 3.13. The van der Waals surface area contributed by atoms with Crippen molar-refractivity contribution in [2.24, 2.45) is 0 Å². The number of aryl methyl sites for hydroxylation is 2. The highest BCUT2D eigenvalue weighted by Crippen LogP contribution is 2.27. The summed E-state index contributed by atoms with van der Waals surface area (Å²) in [7, 11) is 1.61. The van der Waals surface area contributed by atoms with E-state index in [0.29, 0.717) is 5.88 Å². The van der Waals surface area contributed by atoms with Gasteiger partial charge in [-0.3, -0.25) is 0 Å². The molecule has 0 radical (unpaired) electrons. The number of fused-ring (bicyclic) bond motifs is 1. The van der Waals surface area contributed by atoms with E-state index in [0.717, 1.165) is 66.8 Å². The van der Waals surface area contributed by atoms with E-state index in [2.05, 4.69) is 26.8 Å². The fourth-order valence-electron chi connectivity index (χ4n) is 3.45. The fourth-order valence-corrected chi connectivity index (χ4v) is 3.45. The van der Waals surface area contributed by atoms with Crippen molar-refractivity contribution in [3.63, 3.8) is 0 Å². The third-order valence-corrected chi connectivity index (χ3v) is 4.83. The van der Waals surface area contributed by atoms with Gasteiger partial charge in [0.1, 0.15) is 17.5 Å². The van der Waals surface area contributed by atoms with Gasteiger partial charge in [-0.25, -0.2) is 19.9 Å². The Morgan fingerprint density at radius 3 is 2.81 bits per heavy atom. The highest BCUT2D eigenvalue weighted by atomic mass is 16.5. The van der Waals surface area contributed by atoms with E-state index in [1.54, 1.807) is 13.3 Å². The van der Waals surface area contributed by atoms with E-state index in [4.69, 9.17) is 14.7 Å². The Bertz CT molecular complexity index is 934. The predicted octanol–water partition coefficient (Wildman–Crippen LogP) is 3.09. The molecule has 0 saturated carbocycles. The molecule has 0 atom stereocenters. The maximum atomic E-state index is 5.13. The van der Waals surface area contributed by atoms with Crippen LogP contribution >= 0.6 is 0 Å². The van der Waals surface area contributed by atoms with Crippen LogP contribution in [0, 0.1) is 6.92 Å². The Balaban J connectivity index is 1.60. The summed E-state index contributed by atoms with van der Waals surface area (Å²) in [4.78, 5) is 24.0. The molecule has 0 aromatic carbocycles. The van der Waals surface area contributed by atoms with Crippen LogP contribution in [0.1, 0.15) is 36.1 Å². The second-order valence-corrected chi connectivity index (χ2v) is 6.79. The summed E-state index contributed by atoms with van der Waals surface area (Å²) in [5.41, 5.74) is 4.44. The molecule has 0 spiro atoms. The van der Waals surface area contributed by atoms with Crippen LogP contribution in [-0.2, 0) is 19.4 Å². The monoisotopic (exact) mass is 364 g/mol. The molecule has 3 aromatic heterocycles.